The van der Waals surface area contributed by atoms with Gasteiger partial charge in [0.2, 0.25) is 0 Å². The Morgan fingerprint density at radius 1 is 1.29 bits per heavy atom. The summed E-state index contributed by atoms with van der Waals surface area (Å²) in [7, 11) is 7.12. The Hall–Kier alpha value is 0.455. The van der Waals surface area contributed by atoms with Gasteiger partial charge in [0.15, 0.2) is 0 Å². The third-order valence-corrected chi connectivity index (χ3v) is 5.38. The molecule has 1 aliphatic heterocycles. The Morgan fingerprint density at radius 3 is 2.36 bits per heavy atom. The van der Waals surface area contributed by atoms with E-state index in [0.29, 0.717) is 29.5 Å². The van der Waals surface area contributed by atoms with E-state index in [2.05, 4.69) is 39.3 Å². The number of hydrogen-bond acceptors (Lipinski definition) is 1. The van der Waals surface area contributed by atoms with E-state index < -0.39 is 0 Å². The Bertz CT molecular complexity index is 186. The van der Waals surface area contributed by atoms with Gasteiger partial charge in [0, 0.05) is 12.1 Å². The highest BCUT2D eigenvalue weighted by Gasteiger charge is 2.30. The molecular weight excluding hydrogens is 188 g/mol. The number of nitrogens with zero attached hydrogens (tertiary/aromatic N) is 1. The molecule has 1 rings (SSSR count). The average molecular weight is 211 g/mol. The molecule has 1 aliphatic rings. The molecule has 3 heteroatoms. The van der Waals surface area contributed by atoms with Crippen molar-refractivity contribution >= 4 is 16.6 Å². The van der Waals surface area contributed by atoms with Crippen LogP contribution in [-0.2, 0) is 0 Å². The third kappa shape index (κ3) is 2.73. The highest BCUT2D eigenvalue weighted by atomic mass is 31.1. The van der Waals surface area contributed by atoms with E-state index in [1.165, 1.54) is 6.42 Å². The molecule has 0 amide bonds. The predicted molar refractivity (Wildman–Crippen MR) is 67.5 cm³/mol. The van der Waals surface area contributed by atoms with Gasteiger partial charge in [-0.15, -0.1) is 0 Å². The normalized spacial score (nSPS) is 43.0. The van der Waals surface area contributed by atoms with Crippen molar-refractivity contribution in [2.75, 3.05) is 0 Å². The van der Waals surface area contributed by atoms with Crippen LogP contribution >= 0.6 is 8.73 Å². The lowest BCUT2D eigenvalue weighted by molar-refractivity contribution is 0.279. The first-order chi connectivity index (χ1) is 6.43. The second-order valence-electron chi connectivity index (χ2n) is 5.06. The van der Waals surface area contributed by atoms with Crippen LogP contribution in [0.4, 0.5) is 0 Å². The van der Waals surface area contributed by atoms with Crippen molar-refractivity contribution in [2.24, 2.45) is 5.92 Å². The van der Waals surface area contributed by atoms with Gasteiger partial charge in [0.25, 0.3) is 0 Å². The largest absolute Gasteiger partial charge is 0.279 e. The quantitative estimate of drug-likeness (QED) is 0.476. The zero-order valence-electron chi connectivity index (χ0n) is 10.1. The lowest BCUT2D eigenvalue weighted by Crippen LogP contribution is -2.32. The summed E-state index contributed by atoms with van der Waals surface area (Å²) in [4.78, 5) is 0. The zero-order chi connectivity index (χ0) is 10.9. The van der Waals surface area contributed by atoms with Crippen LogP contribution in [0.25, 0.3) is 0 Å². The maximum absolute atomic E-state index is 6.23. The van der Waals surface area contributed by atoms with Crippen molar-refractivity contribution in [3.63, 3.8) is 0 Å². The summed E-state index contributed by atoms with van der Waals surface area (Å²) in [6, 6.07) is 1.35. The summed E-state index contributed by atoms with van der Waals surface area (Å²) in [6.45, 7) is 11.5. The molecule has 0 aromatic heterocycles. The highest BCUT2D eigenvalue weighted by molar-refractivity contribution is 7.36. The molecule has 1 heterocycles. The zero-order valence-corrected chi connectivity index (χ0v) is 11.1. The lowest BCUT2D eigenvalue weighted by Gasteiger charge is -2.32. The van der Waals surface area contributed by atoms with Gasteiger partial charge < -0.3 is 0 Å². The summed E-state index contributed by atoms with van der Waals surface area (Å²) in [6.07, 6.45) is 1.25. The molecule has 1 fully saturated rings. The van der Waals surface area contributed by atoms with Crippen LogP contribution in [0.2, 0.25) is 5.82 Å². The van der Waals surface area contributed by atoms with Gasteiger partial charge in [-0.05, 0) is 47.5 Å². The average Bonchev–Trinajstić information content (AvgIpc) is 2.18. The van der Waals surface area contributed by atoms with Gasteiger partial charge in [-0.3, -0.25) is 4.67 Å². The van der Waals surface area contributed by atoms with Crippen molar-refractivity contribution in [1.29, 1.82) is 0 Å². The Balaban J connectivity index is 2.73. The number of hydrogen-bond donors (Lipinski definition) is 0. The van der Waals surface area contributed by atoms with Crippen LogP contribution in [-0.4, -0.2) is 30.3 Å². The summed E-state index contributed by atoms with van der Waals surface area (Å²) in [5.74, 6) is 1.05. The van der Waals surface area contributed by atoms with Crippen LogP contribution in [0.3, 0.4) is 0 Å². The van der Waals surface area contributed by atoms with Crippen molar-refractivity contribution < 1.29 is 0 Å². The minimum Gasteiger partial charge on any atom is -0.279 e. The SMILES string of the molecule is [B]C1C(C)CC(C)N(C(C)C)PC1C. The van der Waals surface area contributed by atoms with Crippen molar-refractivity contribution in [3.8, 4) is 0 Å². The minimum absolute atomic E-state index is 0.388. The van der Waals surface area contributed by atoms with E-state index in [-0.39, 0.29) is 0 Å². The van der Waals surface area contributed by atoms with Crippen LogP contribution in [0, 0.1) is 5.92 Å². The molecular formula is C11H23BNP. The molecule has 1 nitrogen and oxygen atoms in total. The third-order valence-electron chi connectivity index (χ3n) is 3.33. The molecule has 0 spiro atoms. The van der Waals surface area contributed by atoms with Gasteiger partial charge >= 0.3 is 0 Å². The fourth-order valence-corrected chi connectivity index (χ4v) is 4.04. The summed E-state index contributed by atoms with van der Waals surface area (Å²) in [5.41, 5.74) is 0.650. The standard InChI is InChI=1S/C11H23BNP/c1-7(2)13-9(4)6-8(3)11(12)10(5)14-13/h7-11,14H,6H2,1-5H3. The second-order valence-corrected chi connectivity index (χ2v) is 6.74. The molecule has 5 atom stereocenters. The Morgan fingerprint density at radius 2 is 1.86 bits per heavy atom. The van der Waals surface area contributed by atoms with E-state index >= 15 is 0 Å². The maximum Gasteiger partial charge on any atom is 0.0712 e. The van der Waals surface area contributed by atoms with Crippen LogP contribution < -0.4 is 0 Å². The molecule has 0 bridgehead atoms. The molecule has 0 aliphatic carbocycles. The molecule has 80 valence electrons. The van der Waals surface area contributed by atoms with Gasteiger partial charge in [0.1, 0.15) is 0 Å². The van der Waals surface area contributed by atoms with Crippen molar-refractivity contribution in [1.82, 2.24) is 4.67 Å². The monoisotopic (exact) mass is 211 g/mol. The van der Waals surface area contributed by atoms with Crippen molar-refractivity contribution in [2.45, 2.75) is 64.6 Å². The van der Waals surface area contributed by atoms with Gasteiger partial charge in [-0.25, -0.2) is 0 Å². The van der Waals surface area contributed by atoms with Gasteiger partial charge in [0.05, 0.1) is 7.85 Å². The first-order valence-corrected chi connectivity index (χ1v) is 6.76. The van der Waals surface area contributed by atoms with Crippen LogP contribution in [0.5, 0.6) is 0 Å². The van der Waals surface area contributed by atoms with E-state index in [9.17, 15) is 0 Å². The summed E-state index contributed by atoms with van der Waals surface area (Å²) in [5, 5.41) is 0. The molecule has 0 N–H and O–H groups in total. The highest BCUT2D eigenvalue weighted by Crippen LogP contribution is 2.43. The lowest BCUT2D eigenvalue weighted by atomic mass is 9.73. The fourth-order valence-electron chi connectivity index (χ4n) is 2.41. The van der Waals surface area contributed by atoms with E-state index in [4.69, 9.17) is 7.85 Å². The molecule has 5 unspecified atom stereocenters. The summed E-state index contributed by atoms with van der Waals surface area (Å²) < 4.78 is 2.62. The van der Waals surface area contributed by atoms with Gasteiger partial charge in [-0.2, -0.15) is 0 Å². The predicted octanol–water partition coefficient (Wildman–Crippen LogP) is 3.06. The Kier molecular flexibility index (Phi) is 4.46. The van der Waals surface area contributed by atoms with E-state index in [1.54, 1.807) is 0 Å². The maximum atomic E-state index is 6.23. The fraction of sp³-hybridized carbons (Fsp3) is 1.00. The molecule has 14 heavy (non-hydrogen) atoms. The topological polar surface area (TPSA) is 3.24 Å². The van der Waals surface area contributed by atoms with Crippen LogP contribution in [0.15, 0.2) is 0 Å². The smallest absolute Gasteiger partial charge is 0.0712 e. The molecule has 0 saturated carbocycles. The summed E-state index contributed by atoms with van der Waals surface area (Å²) >= 11 is 0. The molecule has 0 aromatic carbocycles. The van der Waals surface area contributed by atoms with Crippen molar-refractivity contribution in [3.05, 3.63) is 0 Å². The van der Waals surface area contributed by atoms with Gasteiger partial charge in [-0.1, -0.05) is 19.7 Å². The van der Waals surface area contributed by atoms with E-state index in [0.717, 1.165) is 8.73 Å². The minimum atomic E-state index is 0.388. The molecule has 2 radical (unpaired) electrons. The van der Waals surface area contributed by atoms with Crippen LogP contribution in [0.1, 0.15) is 41.0 Å². The Labute approximate surface area is 92.3 Å². The number of rotatable bonds is 1. The first-order valence-electron chi connectivity index (χ1n) is 5.73. The second kappa shape index (κ2) is 4.99. The molecule has 1 saturated heterocycles. The molecule has 0 aromatic rings. The van der Waals surface area contributed by atoms with E-state index in [1.807, 2.05) is 0 Å². The first kappa shape index (κ1) is 12.5.